The monoisotopic (exact) mass is 527 g/mol. The maximum Gasteiger partial charge on any atom is 0.169 e. The highest BCUT2D eigenvalue weighted by Gasteiger charge is 2.13. The smallest absolute Gasteiger partial charge is 0.169 e. The molecule has 0 atom stereocenters. The van der Waals surface area contributed by atoms with Crippen molar-refractivity contribution in [2.24, 2.45) is 0 Å². The van der Waals surface area contributed by atoms with Gasteiger partial charge in [-0.1, -0.05) is 54.6 Å². The first kappa shape index (κ1) is 27.4. The Hall–Kier alpha value is -4.21. The zero-order valence-corrected chi connectivity index (χ0v) is 24.5. The van der Waals surface area contributed by atoms with E-state index in [9.17, 15) is 0 Å². The van der Waals surface area contributed by atoms with Gasteiger partial charge in [-0.15, -0.1) is 0 Å². The topological polar surface area (TPSA) is 7.12 Å². The van der Waals surface area contributed by atoms with Crippen LogP contribution in [0.4, 0.5) is 17.1 Å². The zero-order chi connectivity index (χ0) is 28.1. The van der Waals surface area contributed by atoms with Crippen LogP contribution in [0.25, 0.3) is 22.9 Å². The lowest BCUT2D eigenvalue weighted by Crippen LogP contribution is -2.39. The predicted molar refractivity (Wildman–Crippen MR) is 171 cm³/mol. The predicted octanol–water partition coefficient (Wildman–Crippen LogP) is 8.48. The first-order chi connectivity index (χ1) is 19.2. The molecule has 1 heterocycles. The van der Waals surface area contributed by atoms with Crippen LogP contribution < -0.4 is 9.47 Å². The minimum Gasteiger partial charge on any atom is -0.331 e. The van der Waals surface area contributed by atoms with Gasteiger partial charge in [0.15, 0.2) is 18.9 Å². The van der Waals surface area contributed by atoms with E-state index in [-0.39, 0.29) is 0 Å². The molecular weight excluding hydrogens is 486 g/mol. The Labute approximate surface area is 239 Å². The standard InChI is InChI=1S/C37H41N3/c1-29-9-6-11-35(25-29)39(36-12-7-10-30(2)26-36)37-18-17-33-27-32(15-16-34(33)28-37)14-13-31-19-22-38(23-20-31)21-8-24-40(3,4)5/h6-7,9-20,22-23,25-28H,8,21,24H2,1-5H3/q+2. The summed E-state index contributed by atoms with van der Waals surface area (Å²) in [7, 11) is 6.74. The van der Waals surface area contributed by atoms with Gasteiger partial charge < -0.3 is 9.38 Å². The van der Waals surface area contributed by atoms with Crippen molar-refractivity contribution in [2.45, 2.75) is 26.8 Å². The summed E-state index contributed by atoms with van der Waals surface area (Å²) < 4.78 is 3.28. The van der Waals surface area contributed by atoms with Crippen LogP contribution in [0.3, 0.4) is 0 Å². The molecule has 5 rings (SSSR count). The summed E-state index contributed by atoms with van der Waals surface area (Å²) in [6, 6.07) is 35.3. The molecule has 0 N–H and O–H groups in total. The Balaban J connectivity index is 1.36. The molecular formula is C37H41N3+2. The van der Waals surface area contributed by atoms with Crippen molar-refractivity contribution in [3.63, 3.8) is 0 Å². The second-order valence-corrected chi connectivity index (χ2v) is 11.9. The van der Waals surface area contributed by atoms with Gasteiger partial charge in [-0.3, -0.25) is 0 Å². The fourth-order valence-corrected chi connectivity index (χ4v) is 5.12. The van der Waals surface area contributed by atoms with Crippen LogP contribution in [0, 0.1) is 13.8 Å². The van der Waals surface area contributed by atoms with E-state index >= 15 is 0 Å². The van der Waals surface area contributed by atoms with Crippen LogP contribution in [0.15, 0.2) is 109 Å². The zero-order valence-electron chi connectivity index (χ0n) is 24.5. The second-order valence-electron chi connectivity index (χ2n) is 11.9. The number of hydrogen-bond donors (Lipinski definition) is 0. The number of fused-ring (bicyclic) bond motifs is 1. The highest BCUT2D eigenvalue weighted by atomic mass is 15.3. The molecule has 0 aliphatic heterocycles. The number of pyridine rings is 1. The maximum atomic E-state index is 2.34. The van der Waals surface area contributed by atoms with Gasteiger partial charge in [-0.25, -0.2) is 4.57 Å². The largest absolute Gasteiger partial charge is 0.331 e. The van der Waals surface area contributed by atoms with Crippen LogP contribution in [-0.4, -0.2) is 32.2 Å². The molecule has 0 unspecified atom stereocenters. The normalized spacial score (nSPS) is 11.8. The molecule has 202 valence electrons. The van der Waals surface area contributed by atoms with Crippen LogP contribution in [0.1, 0.15) is 28.7 Å². The first-order valence-corrected chi connectivity index (χ1v) is 14.2. The molecule has 4 aromatic carbocycles. The summed E-state index contributed by atoms with van der Waals surface area (Å²) in [6.07, 6.45) is 9.95. The van der Waals surface area contributed by atoms with E-state index in [1.165, 1.54) is 57.4 Å². The van der Waals surface area contributed by atoms with E-state index in [0.717, 1.165) is 16.7 Å². The third kappa shape index (κ3) is 7.05. The Kier molecular flexibility index (Phi) is 8.14. The molecule has 3 heteroatoms. The van der Waals surface area contributed by atoms with Gasteiger partial charge in [0.25, 0.3) is 0 Å². The van der Waals surface area contributed by atoms with E-state index in [1.807, 2.05) is 0 Å². The van der Waals surface area contributed by atoms with Crippen LogP contribution in [0.5, 0.6) is 0 Å². The average molecular weight is 528 g/mol. The molecule has 3 nitrogen and oxygen atoms in total. The van der Waals surface area contributed by atoms with E-state index in [0.29, 0.717) is 0 Å². The number of hydrogen-bond acceptors (Lipinski definition) is 1. The van der Waals surface area contributed by atoms with Gasteiger partial charge in [0.2, 0.25) is 0 Å². The van der Waals surface area contributed by atoms with Crippen molar-refractivity contribution in [3.05, 3.63) is 132 Å². The highest BCUT2D eigenvalue weighted by Crippen LogP contribution is 2.36. The van der Waals surface area contributed by atoms with Crippen LogP contribution in [-0.2, 0) is 6.54 Å². The SMILES string of the molecule is Cc1cccc(N(c2cccc(C)c2)c2ccc3cc(/C=C/c4cc[n+](CCC[N+](C)(C)C)cc4)ccc3c2)c1. The van der Waals surface area contributed by atoms with E-state index in [1.54, 1.807) is 0 Å². The Morgan fingerprint density at radius 1 is 0.625 bits per heavy atom. The van der Waals surface area contributed by atoms with Crippen molar-refractivity contribution in [1.29, 1.82) is 0 Å². The molecule has 0 spiro atoms. The van der Waals surface area contributed by atoms with E-state index in [2.05, 4.69) is 166 Å². The number of benzene rings is 4. The van der Waals surface area contributed by atoms with Gasteiger partial charge in [-0.2, -0.15) is 0 Å². The molecule has 0 aliphatic rings. The lowest BCUT2D eigenvalue weighted by Gasteiger charge is -2.26. The van der Waals surface area contributed by atoms with E-state index in [4.69, 9.17) is 0 Å². The molecule has 5 aromatic rings. The van der Waals surface area contributed by atoms with Crippen molar-refractivity contribution >= 4 is 40.0 Å². The Morgan fingerprint density at radius 3 is 1.82 bits per heavy atom. The third-order valence-corrected chi connectivity index (χ3v) is 7.26. The number of aryl methyl sites for hydroxylation is 3. The highest BCUT2D eigenvalue weighted by molar-refractivity contribution is 5.91. The van der Waals surface area contributed by atoms with Crippen molar-refractivity contribution in [3.8, 4) is 0 Å². The first-order valence-electron chi connectivity index (χ1n) is 14.2. The van der Waals surface area contributed by atoms with Crippen molar-refractivity contribution in [2.75, 3.05) is 32.6 Å². The summed E-state index contributed by atoms with van der Waals surface area (Å²) in [5.74, 6) is 0. The minimum atomic E-state index is 1.01. The average Bonchev–Trinajstić information content (AvgIpc) is 2.92. The van der Waals surface area contributed by atoms with Gasteiger partial charge in [0.1, 0.15) is 0 Å². The number of nitrogens with zero attached hydrogens (tertiary/aromatic N) is 3. The molecule has 40 heavy (non-hydrogen) atoms. The molecule has 0 saturated carbocycles. The fraction of sp³-hybridized carbons (Fsp3) is 0.216. The van der Waals surface area contributed by atoms with Crippen molar-refractivity contribution in [1.82, 2.24) is 0 Å². The molecule has 0 fully saturated rings. The molecule has 1 aromatic heterocycles. The van der Waals surface area contributed by atoms with E-state index < -0.39 is 0 Å². The summed E-state index contributed by atoms with van der Waals surface area (Å²) in [6.45, 7) is 6.52. The van der Waals surface area contributed by atoms with Gasteiger partial charge in [-0.05, 0) is 89.3 Å². The lowest BCUT2D eigenvalue weighted by atomic mass is 10.0. The van der Waals surface area contributed by atoms with Crippen molar-refractivity contribution < 1.29 is 9.05 Å². The molecule has 0 radical (unpaired) electrons. The molecule has 0 bridgehead atoms. The summed E-state index contributed by atoms with van der Waals surface area (Å²) >= 11 is 0. The Bertz CT molecular complexity index is 1580. The molecule has 0 aliphatic carbocycles. The minimum absolute atomic E-state index is 1.01. The number of quaternary nitrogens is 1. The van der Waals surface area contributed by atoms with Gasteiger partial charge in [0, 0.05) is 29.2 Å². The van der Waals surface area contributed by atoms with Crippen LogP contribution in [0.2, 0.25) is 0 Å². The second kappa shape index (κ2) is 11.9. The fourth-order valence-electron chi connectivity index (χ4n) is 5.12. The summed E-state index contributed by atoms with van der Waals surface area (Å²) in [5.41, 5.74) is 8.41. The van der Waals surface area contributed by atoms with Gasteiger partial charge >= 0.3 is 0 Å². The maximum absolute atomic E-state index is 2.34. The van der Waals surface area contributed by atoms with Gasteiger partial charge in [0.05, 0.1) is 34.1 Å². The number of aromatic nitrogens is 1. The molecule has 0 amide bonds. The number of anilines is 3. The van der Waals surface area contributed by atoms with Crippen LogP contribution >= 0.6 is 0 Å². The summed E-state index contributed by atoms with van der Waals surface area (Å²) in [5, 5.41) is 2.47. The molecule has 0 saturated heterocycles. The number of rotatable bonds is 9. The summed E-state index contributed by atoms with van der Waals surface area (Å²) in [4.78, 5) is 2.34. The lowest BCUT2D eigenvalue weighted by molar-refractivity contribution is -0.873. The quantitative estimate of drug-likeness (QED) is 0.138. The third-order valence-electron chi connectivity index (χ3n) is 7.26. The Morgan fingerprint density at radius 2 is 1.20 bits per heavy atom.